The first-order valence-electron chi connectivity index (χ1n) is 43.7. The Balaban J connectivity index is 0.000000137. The van der Waals surface area contributed by atoms with E-state index in [-0.39, 0.29) is 59.6 Å². The largest absolute Gasteiger partial charge is 0.345 e. The minimum atomic E-state index is -0.763. The molecule has 8 nitrogen and oxygen atoms in total. The number of fused-ring (bicyclic) bond motifs is 4. The standard InChI is InChI=1S/C26H30N2.C25H34N2.C24H32N2.C20H26N2.4CH4/c1-20-11-9-10-16-24(20)27-19-28-25(21(27)2)17-18-26(28,22-12-5-3-6-13-22)23-14-7-4-8-15-23;1-19-10-6-9-15-23(19)26-18-27-24(20(26)2)16-17-25(27,22-13-7-8-14-22)21-11-4-3-5-12-21;1-18-9-3-8-14-22(18)25-17-26-23(19(25)2)15-16-24(26,20-10-4-5-11-20)21-12-6-7-13-21;1-15-8-6-7-11-18(15)21-14-22-19(16(21)2)12-13-20(22)17-9-4-3-5-10-17;;;;/h3,5-6,9-13,16-18,23H,4,7-8,14-15,19H2,1-2H3;6,9-10,15-17,21-22H,3-5,7-8,11-14,18H2,1-2H3;3,8-9,14-16,20-21H,4-7,10-13,17H2,1-2H3;6-8,11-13,17,20H,3-5,9-10,14H2,1-2H3;4*1H4/i19D;18D;17D;14D,20D;;;;. The third-order valence-electron chi connectivity index (χ3n) is 27.6. The van der Waals surface area contributed by atoms with Crippen LogP contribution in [0, 0.1) is 63.2 Å². The summed E-state index contributed by atoms with van der Waals surface area (Å²) in [6.45, 7) is 15.6. The second-order valence-corrected chi connectivity index (χ2v) is 33.1. The quantitative estimate of drug-likeness (QED) is 0.129. The van der Waals surface area contributed by atoms with Crippen LogP contribution in [0.1, 0.15) is 265 Å². The van der Waals surface area contributed by atoms with Crippen molar-refractivity contribution in [2.75, 3.05) is 46.2 Å². The lowest BCUT2D eigenvalue weighted by molar-refractivity contribution is 0.0503. The lowest BCUT2D eigenvalue weighted by atomic mass is 9.67. The van der Waals surface area contributed by atoms with Crippen LogP contribution < -0.4 is 19.6 Å². The number of rotatable bonds is 11. The molecule has 0 saturated heterocycles. The predicted molar refractivity (Wildman–Crippen MR) is 459 cm³/mol. The summed E-state index contributed by atoms with van der Waals surface area (Å²) < 4.78 is 46.2. The van der Waals surface area contributed by atoms with Gasteiger partial charge in [-0.1, -0.05) is 253 Å². The smallest absolute Gasteiger partial charge is 0.0961 e. The average Bonchev–Trinajstić information content (AvgIpc) is 1.50. The Hall–Kier alpha value is -7.58. The molecule has 0 spiro atoms. The van der Waals surface area contributed by atoms with E-state index >= 15 is 0 Å². The number of para-hydroxylation sites is 4. The van der Waals surface area contributed by atoms with Crippen molar-refractivity contribution < 1.29 is 6.85 Å². The summed E-state index contributed by atoms with van der Waals surface area (Å²) in [4.78, 5) is 18.4. The molecule has 6 fully saturated rings. The SMILES string of the molecule is C.C.C.C.[2H]C1N(c2ccccc2C)C(C)=C2C=CC(C3CCCC3)(C3CCCC3)N21.[2H]C1N(c2ccccc2C)C(C)=C2C=CC(C3CCCCC3)(C3CCCC3)N21.[2H]C1N(c2ccccc2C)C(C)=C2C=CC([2H])(C3CCCCC3)N21.[2H]C1N(c2ccccc2C)C(C)=C2C=CC(c3ccccc3)(C3CCCCC3)N21. The fourth-order valence-electron chi connectivity index (χ4n) is 22.1. The molecule has 107 heavy (non-hydrogen) atoms. The first kappa shape index (κ1) is 72.3. The minimum Gasteiger partial charge on any atom is -0.345 e. The van der Waals surface area contributed by atoms with Gasteiger partial charge < -0.3 is 39.2 Å². The van der Waals surface area contributed by atoms with Gasteiger partial charge in [0.2, 0.25) is 0 Å². The highest BCUT2D eigenvalue weighted by Gasteiger charge is 2.57. The number of benzene rings is 5. The summed E-state index contributed by atoms with van der Waals surface area (Å²) in [5.41, 5.74) is 20.4. The number of hydrogen-bond acceptors (Lipinski definition) is 8. The number of nitrogens with zero attached hydrogens (tertiary/aromatic N) is 8. The summed E-state index contributed by atoms with van der Waals surface area (Å²) in [5.74, 6) is 3.72. The van der Waals surface area contributed by atoms with Crippen LogP contribution >= 0.6 is 0 Å². The van der Waals surface area contributed by atoms with E-state index in [1.165, 1.54) is 234 Å². The van der Waals surface area contributed by atoms with Crippen LogP contribution in [0.15, 0.2) is 222 Å². The molecule has 19 rings (SSSR count). The fraction of sp³-hybridized carbons (Fsp3) is 0.535. The van der Waals surface area contributed by atoms with E-state index < -0.39 is 19.3 Å². The maximum Gasteiger partial charge on any atom is 0.0961 e. The molecule has 5 aromatic carbocycles. The second-order valence-electron chi connectivity index (χ2n) is 33.1. The Labute approximate surface area is 657 Å². The summed E-state index contributed by atoms with van der Waals surface area (Å²) in [6.07, 6.45) is 54.0. The molecule has 0 radical (unpaired) electrons. The zero-order valence-electron chi connectivity index (χ0n) is 68.7. The molecule has 0 aromatic heterocycles. The first-order valence-corrected chi connectivity index (χ1v) is 40.9. The van der Waals surface area contributed by atoms with Gasteiger partial charge in [0, 0.05) is 45.5 Å². The van der Waals surface area contributed by atoms with Crippen LogP contribution in [0.4, 0.5) is 22.7 Å². The lowest BCUT2D eigenvalue weighted by Gasteiger charge is -2.50. The molecule has 0 bridgehead atoms. The van der Waals surface area contributed by atoms with Crippen LogP contribution in [0.5, 0.6) is 0 Å². The van der Waals surface area contributed by atoms with Crippen molar-refractivity contribution in [3.63, 3.8) is 0 Å². The van der Waals surface area contributed by atoms with E-state index in [9.17, 15) is 5.48 Å². The lowest BCUT2D eigenvalue weighted by Crippen LogP contribution is -2.55. The zero-order valence-corrected chi connectivity index (χ0v) is 63.7. The number of allylic oxidation sites excluding steroid dienone is 8. The molecule has 6 aliphatic carbocycles. The van der Waals surface area contributed by atoms with Crippen molar-refractivity contribution in [1.82, 2.24) is 19.6 Å². The number of anilines is 4. The van der Waals surface area contributed by atoms with Crippen LogP contribution in [-0.2, 0) is 5.54 Å². The van der Waals surface area contributed by atoms with E-state index in [2.05, 4.69) is 247 Å². The second kappa shape index (κ2) is 33.7. The van der Waals surface area contributed by atoms with Gasteiger partial charge in [-0.05, 0) is 244 Å². The first-order chi connectivity index (χ1) is 52.5. The van der Waals surface area contributed by atoms with Crippen LogP contribution in [0.3, 0.4) is 0 Å². The molecule has 8 heteroatoms. The highest BCUT2D eigenvalue weighted by Crippen LogP contribution is 2.58. The molecule has 8 aliphatic heterocycles. The van der Waals surface area contributed by atoms with Gasteiger partial charge in [-0.25, -0.2) is 0 Å². The molecule has 0 N–H and O–H groups in total. The maximum absolute atomic E-state index is 9.39. The Morgan fingerprint density at radius 2 is 0.607 bits per heavy atom. The molecule has 6 saturated carbocycles. The van der Waals surface area contributed by atoms with Gasteiger partial charge in [0.15, 0.2) is 0 Å². The Kier molecular flexibility index (Phi) is 22.8. The molecule has 14 aliphatic rings. The van der Waals surface area contributed by atoms with E-state index in [0.29, 0.717) is 35.5 Å². The monoisotopic (exact) mass is 1440 g/mol. The summed E-state index contributed by atoms with van der Waals surface area (Å²) in [5, 5.41) is 0. The highest BCUT2D eigenvalue weighted by atomic mass is 15.4. The summed E-state index contributed by atoms with van der Waals surface area (Å²) in [6, 6.07) is 44.0. The van der Waals surface area contributed by atoms with E-state index in [1.54, 1.807) is 0 Å². The summed E-state index contributed by atoms with van der Waals surface area (Å²) in [7, 11) is 0. The van der Waals surface area contributed by atoms with Gasteiger partial charge in [-0.2, -0.15) is 0 Å². The molecular weight excluding hydrogens is 1300 g/mol. The van der Waals surface area contributed by atoms with Crippen LogP contribution in [0.25, 0.3) is 0 Å². The zero-order chi connectivity index (χ0) is 74.8. The molecule has 0 amide bonds. The average molecular weight is 1450 g/mol. The van der Waals surface area contributed by atoms with E-state index in [4.69, 9.17) is 1.37 Å². The number of hydrogen-bond donors (Lipinski definition) is 0. The predicted octanol–water partition coefficient (Wildman–Crippen LogP) is 26.1. The van der Waals surface area contributed by atoms with E-state index in [0.717, 1.165) is 35.6 Å². The molecule has 8 heterocycles. The highest BCUT2D eigenvalue weighted by molar-refractivity contribution is 5.66. The van der Waals surface area contributed by atoms with Crippen molar-refractivity contribution in [1.29, 1.82) is 0 Å². The fourth-order valence-corrected chi connectivity index (χ4v) is 22.1. The minimum absolute atomic E-state index is 0. The third kappa shape index (κ3) is 14.1. The maximum atomic E-state index is 9.39. The van der Waals surface area contributed by atoms with Gasteiger partial charge >= 0.3 is 0 Å². The number of aryl methyl sites for hydroxylation is 4. The van der Waals surface area contributed by atoms with Crippen LogP contribution in [-0.4, -0.2) is 63.3 Å². The Bertz CT molecular complexity index is 4330. The Morgan fingerprint density at radius 3 is 0.991 bits per heavy atom. The van der Waals surface area contributed by atoms with Crippen LogP contribution in [0.2, 0.25) is 0 Å². The van der Waals surface area contributed by atoms with Crippen molar-refractivity contribution in [2.24, 2.45) is 35.5 Å². The molecule has 7 atom stereocenters. The molecule has 574 valence electrons. The van der Waals surface area contributed by atoms with Gasteiger partial charge in [-0.15, -0.1) is 0 Å². The topological polar surface area (TPSA) is 25.9 Å². The molecule has 7 unspecified atom stereocenters. The van der Waals surface area contributed by atoms with Crippen molar-refractivity contribution in [3.8, 4) is 0 Å². The van der Waals surface area contributed by atoms with Crippen molar-refractivity contribution in [3.05, 3.63) is 249 Å². The molecular formula is C99H138N8. The third-order valence-corrected chi connectivity index (χ3v) is 27.6. The van der Waals surface area contributed by atoms with Gasteiger partial charge in [0.25, 0.3) is 0 Å². The normalized spacial score (nSPS) is 29.5. The van der Waals surface area contributed by atoms with Crippen molar-refractivity contribution >= 4 is 22.7 Å². The van der Waals surface area contributed by atoms with E-state index in [1.807, 2.05) is 23.1 Å². The summed E-state index contributed by atoms with van der Waals surface area (Å²) >= 11 is 0. The van der Waals surface area contributed by atoms with Gasteiger partial charge in [0.1, 0.15) is 0 Å². The van der Waals surface area contributed by atoms with Gasteiger partial charge in [0.05, 0.1) is 78.9 Å². The van der Waals surface area contributed by atoms with Gasteiger partial charge in [-0.3, -0.25) is 0 Å². The van der Waals surface area contributed by atoms with Crippen molar-refractivity contribution in [2.45, 2.75) is 281 Å². The molecule has 5 aromatic rings. The Morgan fingerprint density at radius 1 is 0.308 bits per heavy atom.